The molecule has 0 aliphatic carbocycles. The molecule has 20 heavy (non-hydrogen) atoms. The van der Waals surface area contributed by atoms with Crippen molar-refractivity contribution in [1.82, 2.24) is 0 Å². The molecule has 6 heteroatoms. The maximum atomic E-state index is 11.6. The quantitative estimate of drug-likeness (QED) is 0.663. The van der Waals surface area contributed by atoms with Gasteiger partial charge >= 0.3 is 6.09 Å². The fourth-order valence-corrected chi connectivity index (χ4v) is 1.59. The standard InChI is InChI=1S/C14H20N2O4/c1-14(2,3)20-13(17)15-12-8-6-11(7-9-12)5-4-10-16(18)19/h6-9H,4-5,10H2,1-3H3,(H,15,17). The van der Waals surface area contributed by atoms with Crippen molar-refractivity contribution in [2.24, 2.45) is 0 Å². The summed E-state index contributed by atoms with van der Waals surface area (Å²) in [5, 5.41) is 12.9. The van der Waals surface area contributed by atoms with E-state index in [4.69, 9.17) is 4.74 Å². The van der Waals surface area contributed by atoms with Gasteiger partial charge in [0.2, 0.25) is 6.54 Å². The summed E-state index contributed by atoms with van der Waals surface area (Å²) in [7, 11) is 0. The van der Waals surface area contributed by atoms with Gasteiger partial charge in [0.1, 0.15) is 5.60 Å². The monoisotopic (exact) mass is 280 g/mol. The van der Waals surface area contributed by atoms with Gasteiger partial charge in [-0.2, -0.15) is 0 Å². The third kappa shape index (κ3) is 6.72. The number of nitrogens with zero attached hydrogens (tertiary/aromatic N) is 1. The van der Waals surface area contributed by atoms with Crippen LogP contribution >= 0.6 is 0 Å². The molecule has 0 heterocycles. The van der Waals surface area contributed by atoms with Gasteiger partial charge in [0, 0.05) is 17.0 Å². The molecular formula is C14H20N2O4. The Morgan fingerprint density at radius 2 is 1.90 bits per heavy atom. The number of nitrogens with one attached hydrogen (secondary N) is 1. The summed E-state index contributed by atoms with van der Waals surface area (Å²) in [4.78, 5) is 21.5. The third-order valence-electron chi connectivity index (χ3n) is 2.41. The van der Waals surface area contributed by atoms with Gasteiger partial charge in [-0.1, -0.05) is 12.1 Å². The molecule has 0 aliphatic heterocycles. The zero-order chi connectivity index (χ0) is 15.2. The molecule has 1 amide bonds. The summed E-state index contributed by atoms with van der Waals surface area (Å²) in [5.74, 6) is 0. The predicted octanol–water partition coefficient (Wildman–Crippen LogP) is 3.24. The van der Waals surface area contributed by atoms with Gasteiger partial charge < -0.3 is 4.74 Å². The van der Waals surface area contributed by atoms with E-state index in [1.165, 1.54) is 0 Å². The number of carbonyl (C=O) groups excluding carboxylic acids is 1. The molecule has 0 aliphatic rings. The molecule has 110 valence electrons. The Bertz CT molecular complexity index is 463. The van der Waals surface area contributed by atoms with E-state index in [0.29, 0.717) is 18.5 Å². The molecule has 1 rings (SSSR count). The Hall–Kier alpha value is -2.11. The molecular weight excluding hydrogens is 260 g/mol. The molecule has 0 bridgehead atoms. The highest BCUT2D eigenvalue weighted by Gasteiger charge is 2.15. The van der Waals surface area contributed by atoms with Crippen molar-refractivity contribution in [3.05, 3.63) is 39.9 Å². The first-order valence-corrected chi connectivity index (χ1v) is 6.47. The fourth-order valence-electron chi connectivity index (χ4n) is 1.59. The van der Waals surface area contributed by atoms with E-state index < -0.39 is 11.7 Å². The molecule has 0 atom stereocenters. The highest BCUT2D eigenvalue weighted by molar-refractivity contribution is 5.84. The van der Waals surface area contributed by atoms with Gasteiger partial charge in [-0.25, -0.2) is 4.79 Å². The van der Waals surface area contributed by atoms with E-state index >= 15 is 0 Å². The number of ether oxygens (including phenoxy) is 1. The minimum Gasteiger partial charge on any atom is -0.444 e. The Balaban J connectivity index is 2.46. The van der Waals surface area contributed by atoms with Gasteiger partial charge in [-0.15, -0.1) is 0 Å². The number of amides is 1. The summed E-state index contributed by atoms with van der Waals surface area (Å²) >= 11 is 0. The summed E-state index contributed by atoms with van der Waals surface area (Å²) in [6, 6.07) is 7.19. The number of anilines is 1. The lowest BCUT2D eigenvalue weighted by molar-refractivity contribution is -0.480. The molecule has 1 aromatic carbocycles. The summed E-state index contributed by atoms with van der Waals surface area (Å²) in [6.45, 7) is 5.36. The topological polar surface area (TPSA) is 81.5 Å². The minimum atomic E-state index is -0.535. The Morgan fingerprint density at radius 3 is 2.40 bits per heavy atom. The van der Waals surface area contributed by atoms with Crippen LogP contribution in [0.15, 0.2) is 24.3 Å². The van der Waals surface area contributed by atoms with Crippen molar-refractivity contribution in [2.45, 2.75) is 39.2 Å². The predicted molar refractivity (Wildman–Crippen MR) is 76.5 cm³/mol. The highest BCUT2D eigenvalue weighted by atomic mass is 16.6. The second-order valence-corrected chi connectivity index (χ2v) is 5.48. The summed E-state index contributed by atoms with van der Waals surface area (Å²) in [5.41, 5.74) is 1.10. The number of aryl methyl sites for hydroxylation is 1. The molecule has 0 radical (unpaired) electrons. The normalized spacial score (nSPS) is 10.9. The lowest BCUT2D eigenvalue weighted by Crippen LogP contribution is -2.27. The lowest BCUT2D eigenvalue weighted by Gasteiger charge is -2.19. The number of nitro groups is 1. The number of benzene rings is 1. The van der Waals surface area contributed by atoms with Crippen LogP contribution in [-0.2, 0) is 11.2 Å². The molecule has 6 nitrogen and oxygen atoms in total. The number of hydrogen-bond acceptors (Lipinski definition) is 4. The summed E-state index contributed by atoms with van der Waals surface area (Å²) in [6.07, 6.45) is 0.651. The van der Waals surface area contributed by atoms with Crippen molar-refractivity contribution in [3.63, 3.8) is 0 Å². The SMILES string of the molecule is CC(C)(C)OC(=O)Nc1ccc(CCC[N+](=O)[O-])cc1. The van der Waals surface area contributed by atoms with E-state index in [0.717, 1.165) is 5.56 Å². The third-order valence-corrected chi connectivity index (χ3v) is 2.41. The van der Waals surface area contributed by atoms with Crippen molar-refractivity contribution >= 4 is 11.8 Å². The maximum Gasteiger partial charge on any atom is 0.412 e. The smallest absolute Gasteiger partial charge is 0.412 e. The van der Waals surface area contributed by atoms with Gasteiger partial charge in [0.05, 0.1) is 0 Å². The van der Waals surface area contributed by atoms with Crippen LogP contribution in [0.4, 0.5) is 10.5 Å². The van der Waals surface area contributed by atoms with Crippen LogP contribution in [0.25, 0.3) is 0 Å². The van der Waals surface area contributed by atoms with E-state index in [1.54, 1.807) is 32.9 Å². The van der Waals surface area contributed by atoms with Crippen LogP contribution in [0.5, 0.6) is 0 Å². The van der Waals surface area contributed by atoms with Crippen LogP contribution in [0, 0.1) is 10.1 Å². The van der Waals surface area contributed by atoms with E-state index in [-0.39, 0.29) is 11.5 Å². The van der Waals surface area contributed by atoms with Crippen molar-refractivity contribution in [2.75, 3.05) is 11.9 Å². The minimum absolute atomic E-state index is 0.0299. The van der Waals surface area contributed by atoms with Gasteiger partial charge in [0.15, 0.2) is 0 Å². The molecule has 0 saturated heterocycles. The fraction of sp³-hybridized carbons (Fsp3) is 0.500. The average Bonchev–Trinajstić information content (AvgIpc) is 2.28. The van der Waals surface area contributed by atoms with E-state index in [2.05, 4.69) is 5.32 Å². The Kier molecular flexibility index (Phi) is 5.49. The first-order chi connectivity index (χ1) is 9.26. The van der Waals surface area contributed by atoms with Crippen molar-refractivity contribution < 1.29 is 14.5 Å². The zero-order valence-corrected chi connectivity index (χ0v) is 12.0. The van der Waals surface area contributed by atoms with Gasteiger partial charge in [-0.3, -0.25) is 15.4 Å². The lowest BCUT2D eigenvalue weighted by atomic mass is 10.1. The Morgan fingerprint density at radius 1 is 1.30 bits per heavy atom. The molecule has 0 fully saturated rings. The number of hydrogen-bond donors (Lipinski definition) is 1. The number of carbonyl (C=O) groups is 1. The molecule has 1 N–H and O–H groups in total. The molecule has 0 unspecified atom stereocenters. The average molecular weight is 280 g/mol. The second kappa shape index (κ2) is 6.88. The van der Waals surface area contributed by atoms with Crippen LogP contribution < -0.4 is 5.32 Å². The van der Waals surface area contributed by atoms with Crippen LogP contribution in [0.2, 0.25) is 0 Å². The van der Waals surface area contributed by atoms with Crippen molar-refractivity contribution in [3.8, 4) is 0 Å². The first kappa shape index (κ1) is 15.9. The molecule has 0 saturated carbocycles. The van der Waals surface area contributed by atoms with E-state index in [9.17, 15) is 14.9 Å². The summed E-state index contributed by atoms with van der Waals surface area (Å²) < 4.78 is 5.14. The number of rotatable bonds is 5. The second-order valence-electron chi connectivity index (χ2n) is 5.48. The Labute approximate surface area is 118 Å². The highest BCUT2D eigenvalue weighted by Crippen LogP contribution is 2.13. The zero-order valence-electron chi connectivity index (χ0n) is 12.0. The van der Waals surface area contributed by atoms with Crippen molar-refractivity contribution in [1.29, 1.82) is 0 Å². The first-order valence-electron chi connectivity index (χ1n) is 6.47. The maximum absolute atomic E-state index is 11.6. The molecule has 0 aromatic heterocycles. The van der Waals surface area contributed by atoms with E-state index in [1.807, 2.05) is 12.1 Å². The van der Waals surface area contributed by atoms with Gasteiger partial charge in [0.25, 0.3) is 0 Å². The van der Waals surface area contributed by atoms with Crippen LogP contribution in [-0.4, -0.2) is 23.2 Å². The van der Waals surface area contributed by atoms with Crippen LogP contribution in [0.3, 0.4) is 0 Å². The van der Waals surface area contributed by atoms with Crippen LogP contribution in [0.1, 0.15) is 32.8 Å². The van der Waals surface area contributed by atoms with Gasteiger partial charge in [-0.05, 0) is 44.9 Å². The molecule has 0 spiro atoms. The largest absolute Gasteiger partial charge is 0.444 e. The molecule has 1 aromatic rings.